The smallest absolute Gasteiger partial charge is 0.126 e. The molecule has 0 spiro atoms. The molecule has 2 nitrogen and oxygen atoms in total. The van der Waals surface area contributed by atoms with E-state index in [1.54, 1.807) is 6.07 Å². The van der Waals surface area contributed by atoms with E-state index in [0.29, 0.717) is 12.6 Å². The van der Waals surface area contributed by atoms with Crippen molar-refractivity contribution in [1.29, 1.82) is 0 Å². The van der Waals surface area contributed by atoms with Crippen LogP contribution in [-0.2, 0) is 0 Å². The summed E-state index contributed by atoms with van der Waals surface area (Å²) in [5.41, 5.74) is 7.86. The first-order chi connectivity index (χ1) is 8.69. The van der Waals surface area contributed by atoms with Gasteiger partial charge in [0.15, 0.2) is 0 Å². The molecule has 3 rings (SSSR count). The topological polar surface area (TPSA) is 29.3 Å². The van der Waals surface area contributed by atoms with Crippen LogP contribution < -0.4 is 5.73 Å². The van der Waals surface area contributed by atoms with Crippen molar-refractivity contribution >= 4 is 0 Å². The third-order valence-electron chi connectivity index (χ3n) is 4.64. The van der Waals surface area contributed by atoms with Gasteiger partial charge in [-0.1, -0.05) is 12.1 Å². The van der Waals surface area contributed by atoms with Crippen molar-refractivity contribution in [2.24, 2.45) is 11.7 Å². The van der Waals surface area contributed by atoms with Crippen LogP contribution in [0.5, 0.6) is 0 Å². The molecule has 1 heterocycles. The Labute approximate surface area is 108 Å². The monoisotopic (exact) mass is 248 g/mol. The molecule has 98 valence electrons. The van der Waals surface area contributed by atoms with E-state index in [0.717, 1.165) is 11.5 Å². The lowest BCUT2D eigenvalue weighted by atomic mass is 10.00. The molecule has 0 amide bonds. The molecule has 0 aromatic heterocycles. The molecule has 18 heavy (non-hydrogen) atoms. The van der Waals surface area contributed by atoms with Gasteiger partial charge in [0.05, 0.1) is 0 Å². The number of benzene rings is 1. The predicted octanol–water partition coefficient (Wildman–Crippen LogP) is 2.62. The van der Waals surface area contributed by atoms with Crippen LogP contribution in [0.2, 0.25) is 0 Å². The Kier molecular flexibility index (Phi) is 3.12. The molecule has 1 saturated carbocycles. The minimum absolute atomic E-state index is 0.127. The first kappa shape index (κ1) is 12.1. The van der Waals surface area contributed by atoms with E-state index in [1.165, 1.54) is 31.4 Å². The first-order valence-corrected chi connectivity index (χ1v) is 6.91. The number of fused-ring (bicyclic) bond motifs is 2. The van der Waals surface area contributed by atoms with Gasteiger partial charge in [-0.2, -0.15) is 0 Å². The van der Waals surface area contributed by atoms with Crippen molar-refractivity contribution in [3.05, 3.63) is 35.1 Å². The molecule has 1 aliphatic heterocycles. The molecule has 3 unspecified atom stereocenters. The van der Waals surface area contributed by atoms with Crippen molar-refractivity contribution in [2.45, 2.75) is 38.3 Å². The third kappa shape index (κ3) is 1.95. The maximum atomic E-state index is 13.3. The van der Waals surface area contributed by atoms with Gasteiger partial charge in [0.25, 0.3) is 0 Å². The van der Waals surface area contributed by atoms with E-state index in [4.69, 9.17) is 5.73 Å². The average molecular weight is 248 g/mol. The lowest BCUT2D eigenvalue weighted by Gasteiger charge is -2.34. The zero-order chi connectivity index (χ0) is 12.7. The lowest BCUT2D eigenvalue weighted by Crippen LogP contribution is -2.39. The van der Waals surface area contributed by atoms with Crippen LogP contribution in [0.25, 0.3) is 0 Å². The van der Waals surface area contributed by atoms with Gasteiger partial charge < -0.3 is 5.73 Å². The molecule has 2 fully saturated rings. The summed E-state index contributed by atoms with van der Waals surface area (Å²) in [5.74, 6) is 0.739. The molecule has 2 bridgehead atoms. The van der Waals surface area contributed by atoms with Crippen LogP contribution in [0.1, 0.15) is 36.4 Å². The number of rotatable bonds is 3. The summed E-state index contributed by atoms with van der Waals surface area (Å²) in [6, 6.07) is 6.39. The Hall–Kier alpha value is -0.930. The molecule has 2 N–H and O–H groups in total. The Morgan fingerprint density at radius 1 is 1.44 bits per heavy atom. The van der Waals surface area contributed by atoms with Gasteiger partial charge in [-0.15, -0.1) is 0 Å². The van der Waals surface area contributed by atoms with Gasteiger partial charge >= 0.3 is 0 Å². The summed E-state index contributed by atoms with van der Waals surface area (Å²) in [5, 5.41) is 0. The van der Waals surface area contributed by atoms with Crippen LogP contribution in [0, 0.1) is 18.7 Å². The van der Waals surface area contributed by atoms with Gasteiger partial charge in [-0.05, 0) is 49.3 Å². The van der Waals surface area contributed by atoms with Gasteiger partial charge in [0, 0.05) is 25.2 Å². The van der Waals surface area contributed by atoms with Crippen LogP contribution in [0.15, 0.2) is 18.2 Å². The summed E-state index contributed by atoms with van der Waals surface area (Å²) in [6.07, 6.45) is 4.01. The summed E-state index contributed by atoms with van der Waals surface area (Å²) in [4.78, 5) is 2.54. The van der Waals surface area contributed by atoms with Gasteiger partial charge in [-0.3, -0.25) is 4.90 Å². The minimum atomic E-state index is -0.127. The Bertz CT molecular complexity index is 446. The maximum absolute atomic E-state index is 13.3. The van der Waals surface area contributed by atoms with Gasteiger partial charge in [0.2, 0.25) is 0 Å². The number of hydrogen-bond donors (Lipinski definition) is 1. The highest BCUT2D eigenvalue weighted by atomic mass is 19.1. The SMILES string of the molecule is Cc1cc(C(CN)N2CC3CCC2C3)ccc1F. The fourth-order valence-electron chi connectivity index (χ4n) is 3.68. The van der Waals surface area contributed by atoms with Gasteiger partial charge in [-0.25, -0.2) is 4.39 Å². The number of piperidine rings is 1. The van der Waals surface area contributed by atoms with Crippen molar-refractivity contribution < 1.29 is 4.39 Å². The van der Waals surface area contributed by atoms with Crippen LogP contribution in [-0.4, -0.2) is 24.0 Å². The summed E-state index contributed by atoms with van der Waals surface area (Å²) >= 11 is 0. The lowest BCUT2D eigenvalue weighted by molar-refractivity contribution is 0.153. The van der Waals surface area contributed by atoms with E-state index >= 15 is 0 Å². The fourth-order valence-corrected chi connectivity index (χ4v) is 3.68. The Morgan fingerprint density at radius 3 is 2.83 bits per heavy atom. The van der Waals surface area contributed by atoms with E-state index in [-0.39, 0.29) is 11.9 Å². The largest absolute Gasteiger partial charge is 0.329 e. The fraction of sp³-hybridized carbons (Fsp3) is 0.600. The maximum Gasteiger partial charge on any atom is 0.126 e. The average Bonchev–Trinajstić information content (AvgIpc) is 2.97. The predicted molar refractivity (Wildman–Crippen MR) is 70.8 cm³/mol. The zero-order valence-electron chi connectivity index (χ0n) is 10.9. The molecular formula is C15H21FN2. The van der Waals surface area contributed by atoms with Crippen molar-refractivity contribution in [3.63, 3.8) is 0 Å². The standard InChI is InChI=1S/C15H21FN2/c1-10-6-12(3-5-14(10)16)15(8-17)18-9-11-2-4-13(18)7-11/h3,5-6,11,13,15H,2,4,7-9,17H2,1H3. The van der Waals surface area contributed by atoms with E-state index < -0.39 is 0 Å². The van der Waals surface area contributed by atoms with E-state index in [9.17, 15) is 4.39 Å². The Morgan fingerprint density at radius 2 is 2.28 bits per heavy atom. The number of aryl methyl sites for hydroxylation is 1. The second-order valence-corrected chi connectivity index (χ2v) is 5.79. The first-order valence-electron chi connectivity index (χ1n) is 6.91. The van der Waals surface area contributed by atoms with Crippen molar-refractivity contribution in [3.8, 4) is 0 Å². The minimum Gasteiger partial charge on any atom is -0.329 e. The molecule has 1 saturated heterocycles. The molecule has 3 heteroatoms. The number of nitrogens with zero attached hydrogens (tertiary/aromatic N) is 1. The number of hydrogen-bond acceptors (Lipinski definition) is 2. The highest BCUT2D eigenvalue weighted by Crippen LogP contribution is 2.41. The number of nitrogens with two attached hydrogens (primary N) is 1. The third-order valence-corrected chi connectivity index (χ3v) is 4.64. The quantitative estimate of drug-likeness (QED) is 0.891. The molecule has 0 radical (unpaired) electrons. The highest BCUT2D eigenvalue weighted by Gasteiger charge is 2.40. The molecule has 1 aromatic carbocycles. The Balaban J connectivity index is 1.85. The summed E-state index contributed by atoms with van der Waals surface area (Å²) in [6.45, 7) is 3.61. The second kappa shape index (κ2) is 4.63. The molecule has 1 aromatic rings. The number of likely N-dealkylation sites (tertiary alicyclic amines) is 1. The normalized spacial score (nSPS) is 28.8. The molecule has 1 aliphatic carbocycles. The van der Waals surface area contributed by atoms with Crippen molar-refractivity contribution in [1.82, 2.24) is 4.90 Å². The van der Waals surface area contributed by atoms with Crippen LogP contribution in [0.4, 0.5) is 4.39 Å². The zero-order valence-corrected chi connectivity index (χ0v) is 10.9. The summed E-state index contributed by atoms with van der Waals surface area (Å²) in [7, 11) is 0. The second-order valence-electron chi connectivity index (χ2n) is 5.79. The molecule has 3 atom stereocenters. The van der Waals surface area contributed by atoms with Gasteiger partial charge in [0.1, 0.15) is 5.82 Å². The van der Waals surface area contributed by atoms with Crippen LogP contribution in [0.3, 0.4) is 0 Å². The number of halogens is 1. The van der Waals surface area contributed by atoms with Crippen LogP contribution >= 0.6 is 0 Å². The highest BCUT2D eigenvalue weighted by molar-refractivity contribution is 5.27. The molecule has 2 aliphatic rings. The van der Waals surface area contributed by atoms with E-state index in [2.05, 4.69) is 4.90 Å². The van der Waals surface area contributed by atoms with Crippen molar-refractivity contribution in [2.75, 3.05) is 13.1 Å². The summed E-state index contributed by atoms with van der Waals surface area (Å²) < 4.78 is 13.3. The molecular weight excluding hydrogens is 227 g/mol. The van der Waals surface area contributed by atoms with E-state index in [1.807, 2.05) is 19.1 Å².